The first-order chi connectivity index (χ1) is 8.00. The summed E-state index contributed by atoms with van der Waals surface area (Å²) in [7, 11) is 3.44. The molecule has 1 heterocycles. The number of urea groups is 1. The number of halogens is 1. The Bertz CT molecular complexity index is 367. The van der Waals surface area contributed by atoms with Gasteiger partial charge in [0.25, 0.3) is 0 Å². The lowest BCUT2D eigenvalue weighted by Crippen LogP contribution is -2.38. The van der Waals surface area contributed by atoms with Crippen molar-refractivity contribution in [2.45, 2.75) is 13.0 Å². The van der Waals surface area contributed by atoms with Crippen molar-refractivity contribution in [3.63, 3.8) is 0 Å². The van der Waals surface area contributed by atoms with E-state index >= 15 is 0 Å². The van der Waals surface area contributed by atoms with E-state index in [1.807, 2.05) is 11.4 Å². The minimum atomic E-state index is -0.0713. The summed E-state index contributed by atoms with van der Waals surface area (Å²) in [4.78, 5) is 12.7. The number of nitrogens with zero attached hydrogens (tertiary/aromatic N) is 1. The van der Waals surface area contributed by atoms with E-state index in [-0.39, 0.29) is 12.1 Å². The molecule has 17 heavy (non-hydrogen) atoms. The van der Waals surface area contributed by atoms with E-state index in [4.69, 9.17) is 11.6 Å². The van der Waals surface area contributed by atoms with E-state index in [1.54, 1.807) is 14.1 Å². The molecule has 0 saturated carbocycles. The molecule has 0 aliphatic carbocycles. The third-order valence-electron chi connectivity index (χ3n) is 2.35. The molecule has 2 N–H and O–H groups in total. The van der Waals surface area contributed by atoms with Gasteiger partial charge in [-0.05, 0) is 23.9 Å². The van der Waals surface area contributed by atoms with E-state index in [0.29, 0.717) is 6.54 Å². The van der Waals surface area contributed by atoms with Crippen molar-refractivity contribution in [1.29, 1.82) is 0 Å². The summed E-state index contributed by atoms with van der Waals surface area (Å²) < 4.78 is 0.801. The Labute approximate surface area is 111 Å². The smallest absolute Gasteiger partial charge is 0.316 e. The Morgan fingerprint density at radius 3 is 2.76 bits per heavy atom. The largest absolute Gasteiger partial charge is 0.337 e. The first-order valence-electron chi connectivity index (χ1n) is 5.43. The monoisotopic (exact) mass is 275 g/mol. The molecule has 0 aliphatic heterocycles. The van der Waals surface area contributed by atoms with Gasteiger partial charge in [0.05, 0.1) is 4.34 Å². The maximum Gasteiger partial charge on any atom is 0.316 e. The van der Waals surface area contributed by atoms with Crippen molar-refractivity contribution in [2.24, 2.45) is 0 Å². The molecular formula is C11H18ClN3OS. The van der Waals surface area contributed by atoms with E-state index in [1.165, 1.54) is 21.8 Å². The van der Waals surface area contributed by atoms with Crippen LogP contribution in [0.4, 0.5) is 4.79 Å². The average molecular weight is 276 g/mol. The van der Waals surface area contributed by atoms with Gasteiger partial charge in [0.15, 0.2) is 0 Å². The molecule has 96 valence electrons. The van der Waals surface area contributed by atoms with Crippen LogP contribution in [0.5, 0.6) is 0 Å². The highest BCUT2D eigenvalue weighted by atomic mass is 35.5. The highest BCUT2D eigenvalue weighted by Crippen LogP contribution is 2.24. The third kappa shape index (κ3) is 4.93. The van der Waals surface area contributed by atoms with Gasteiger partial charge in [-0.3, -0.25) is 0 Å². The Hall–Kier alpha value is -0.780. The molecule has 1 aromatic heterocycles. The molecule has 2 amide bonds. The van der Waals surface area contributed by atoms with Gasteiger partial charge < -0.3 is 15.5 Å². The summed E-state index contributed by atoms with van der Waals surface area (Å²) in [6.45, 7) is 3.42. The van der Waals surface area contributed by atoms with E-state index in [9.17, 15) is 4.79 Å². The SMILES string of the molecule is CC(NCCNC(=O)N(C)C)c1csc(Cl)c1. The Kier molecular flexibility index (Phi) is 5.74. The number of hydrogen-bond acceptors (Lipinski definition) is 3. The van der Waals surface area contributed by atoms with Gasteiger partial charge in [-0.1, -0.05) is 11.6 Å². The topological polar surface area (TPSA) is 44.4 Å². The molecule has 1 atom stereocenters. The number of thiophene rings is 1. The van der Waals surface area contributed by atoms with Crippen LogP contribution in [0, 0.1) is 0 Å². The Morgan fingerprint density at radius 1 is 1.53 bits per heavy atom. The van der Waals surface area contributed by atoms with Gasteiger partial charge in [-0.15, -0.1) is 11.3 Å². The van der Waals surface area contributed by atoms with Crippen molar-refractivity contribution in [3.8, 4) is 0 Å². The molecule has 4 nitrogen and oxygen atoms in total. The molecule has 6 heteroatoms. The van der Waals surface area contributed by atoms with Crippen molar-refractivity contribution < 1.29 is 4.79 Å². The van der Waals surface area contributed by atoms with Crippen molar-refractivity contribution in [1.82, 2.24) is 15.5 Å². The van der Waals surface area contributed by atoms with Crippen molar-refractivity contribution >= 4 is 29.0 Å². The molecule has 0 aliphatic rings. The van der Waals surface area contributed by atoms with Gasteiger partial charge >= 0.3 is 6.03 Å². The van der Waals surface area contributed by atoms with Crippen LogP contribution < -0.4 is 10.6 Å². The van der Waals surface area contributed by atoms with Gasteiger partial charge in [-0.2, -0.15) is 0 Å². The first-order valence-corrected chi connectivity index (χ1v) is 6.69. The maximum atomic E-state index is 11.2. The van der Waals surface area contributed by atoms with Crippen LogP contribution in [0.25, 0.3) is 0 Å². The van der Waals surface area contributed by atoms with Crippen molar-refractivity contribution in [3.05, 3.63) is 21.3 Å². The average Bonchev–Trinajstić information content (AvgIpc) is 2.70. The lowest BCUT2D eigenvalue weighted by atomic mass is 10.2. The van der Waals surface area contributed by atoms with Gasteiger partial charge in [0.1, 0.15) is 0 Å². The zero-order valence-corrected chi connectivity index (χ0v) is 11.9. The molecule has 1 unspecified atom stereocenters. The number of amides is 2. The summed E-state index contributed by atoms with van der Waals surface area (Å²) >= 11 is 7.40. The molecule has 0 saturated heterocycles. The van der Waals surface area contributed by atoms with E-state index in [2.05, 4.69) is 17.6 Å². The molecule has 1 aromatic rings. The number of nitrogens with one attached hydrogen (secondary N) is 2. The highest BCUT2D eigenvalue weighted by molar-refractivity contribution is 7.14. The Balaban J connectivity index is 2.21. The minimum Gasteiger partial charge on any atom is -0.337 e. The van der Waals surface area contributed by atoms with E-state index in [0.717, 1.165) is 10.9 Å². The maximum absolute atomic E-state index is 11.2. The second kappa shape index (κ2) is 6.83. The summed E-state index contributed by atoms with van der Waals surface area (Å²) in [5.74, 6) is 0. The van der Waals surface area contributed by atoms with Crippen LogP contribution in [0.2, 0.25) is 4.34 Å². The third-order valence-corrected chi connectivity index (χ3v) is 3.46. The zero-order valence-electron chi connectivity index (χ0n) is 10.3. The van der Waals surface area contributed by atoms with Crippen LogP contribution in [0.15, 0.2) is 11.4 Å². The summed E-state index contributed by atoms with van der Waals surface area (Å²) in [5, 5.41) is 8.16. The minimum absolute atomic E-state index is 0.0713. The summed E-state index contributed by atoms with van der Waals surface area (Å²) in [6.07, 6.45) is 0. The quantitative estimate of drug-likeness (QED) is 0.810. The van der Waals surface area contributed by atoms with Crippen LogP contribution in [-0.4, -0.2) is 38.1 Å². The first kappa shape index (κ1) is 14.3. The lowest BCUT2D eigenvalue weighted by molar-refractivity contribution is 0.217. The molecule has 0 bridgehead atoms. The highest BCUT2D eigenvalue weighted by Gasteiger charge is 2.07. The molecule has 1 rings (SSSR count). The lowest BCUT2D eigenvalue weighted by Gasteiger charge is -2.15. The Morgan fingerprint density at radius 2 is 2.24 bits per heavy atom. The van der Waals surface area contributed by atoms with Crippen molar-refractivity contribution in [2.75, 3.05) is 27.2 Å². The number of carbonyl (C=O) groups excluding carboxylic acids is 1. The van der Waals surface area contributed by atoms with Crippen LogP contribution in [-0.2, 0) is 0 Å². The molecule has 0 spiro atoms. The fourth-order valence-corrected chi connectivity index (χ4v) is 2.27. The number of hydrogen-bond donors (Lipinski definition) is 2. The molecule has 0 aromatic carbocycles. The normalized spacial score (nSPS) is 12.2. The van der Waals surface area contributed by atoms with Crippen LogP contribution in [0.1, 0.15) is 18.5 Å². The van der Waals surface area contributed by atoms with Gasteiger partial charge in [0, 0.05) is 33.2 Å². The molecular weight excluding hydrogens is 258 g/mol. The summed E-state index contributed by atoms with van der Waals surface area (Å²) in [6, 6.07) is 2.13. The predicted octanol–water partition coefficient (Wildman–Crippen LogP) is 2.32. The fourth-order valence-electron chi connectivity index (χ4n) is 1.28. The fraction of sp³-hybridized carbons (Fsp3) is 0.545. The zero-order chi connectivity index (χ0) is 12.8. The number of carbonyl (C=O) groups is 1. The van der Waals surface area contributed by atoms with Crippen LogP contribution >= 0.6 is 22.9 Å². The van der Waals surface area contributed by atoms with E-state index < -0.39 is 0 Å². The van der Waals surface area contributed by atoms with Gasteiger partial charge in [-0.25, -0.2) is 4.79 Å². The summed E-state index contributed by atoms with van der Waals surface area (Å²) in [5.41, 5.74) is 1.18. The predicted molar refractivity (Wildman–Crippen MR) is 72.8 cm³/mol. The van der Waals surface area contributed by atoms with Crippen LogP contribution in [0.3, 0.4) is 0 Å². The standard InChI is InChI=1S/C11H18ClN3OS/c1-8(9-6-10(12)17-7-9)13-4-5-14-11(16)15(2)3/h6-8,13H,4-5H2,1-3H3,(H,14,16). The van der Waals surface area contributed by atoms with Gasteiger partial charge in [0.2, 0.25) is 0 Å². The molecule has 0 radical (unpaired) electrons. The second-order valence-electron chi connectivity index (χ2n) is 3.99. The molecule has 0 fully saturated rings. The number of rotatable bonds is 5. The second-order valence-corrected chi connectivity index (χ2v) is 5.53.